The average molecular weight is 377 g/mol. The van der Waals surface area contributed by atoms with Crippen LogP contribution in [0.3, 0.4) is 0 Å². The molecular weight excluding hydrogens is 350 g/mol. The molecule has 0 saturated carbocycles. The Hall–Kier alpha value is -2.53. The van der Waals surface area contributed by atoms with Gasteiger partial charge in [-0.1, -0.05) is 36.4 Å². The first kappa shape index (κ1) is 17.6. The number of piperidine rings is 1. The van der Waals surface area contributed by atoms with Crippen LogP contribution in [0.1, 0.15) is 41.5 Å². The molecule has 2 saturated heterocycles. The lowest BCUT2D eigenvalue weighted by atomic mass is 9.96. The van der Waals surface area contributed by atoms with Gasteiger partial charge in [0.2, 0.25) is 0 Å². The van der Waals surface area contributed by atoms with Gasteiger partial charge in [0.05, 0.1) is 6.04 Å². The van der Waals surface area contributed by atoms with Crippen LogP contribution in [0.25, 0.3) is 0 Å². The summed E-state index contributed by atoms with van der Waals surface area (Å²) < 4.78 is 5.65. The topological polar surface area (TPSA) is 44.8 Å². The Labute approximate surface area is 166 Å². The highest BCUT2D eigenvalue weighted by Crippen LogP contribution is 2.50. The Morgan fingerprint density at radius 1 is 1.04 bits per heavy atom. The van der Waals surface area contributed by atoms with Gasteiger partial charge in [0, 0.05) is 38.4 Å². The lowest BCUT2D eigenvalue weighted by Crippen LogP contribution is -2.43. The van der Waals surface area contributed by atoms with Crippen LogP contribution in [0.15, 0.2) is 48.5 Å². The van der Waals surface area contributed by atoms with E-state index in [1.807, 2.05) is 35.2 Å². The monoisotopic (exact) mass is 377 g/mol. The Kier molecular flexibility index (Phi) is 4.69. The van der Waals surface area contributed by atoms with Crippen molar-refractivity contribution in [2.75, 3.05) is 37.6 Å². The molecule has 1 amide bonds. The molecule has 2 fully saturated rings. The molecule has 2 aromatic rings. The quantitative estimate of drug-likeness (QED) is 0.887. The number of amides is 1. The number of ether oxygens (including phenoxy) is 1. The molecule has 5 heteroatoms. The highest BCUT2D eigenvalue weighted by atomic mass is 16.6. The SMILES string of the molecule is O=C(OCc1ccccc1)N1CC[C@H]2C[C@H]1c1cc(N3CCNCC3)ccc12. The third-order valence-corrected chi connectivity index (χ3v) is 6.39. The van der Waals surface area contributed by atoms with Crippen molar-refractivity contribution in [2.45, 2.75) is 31.4 Å². The van der Waals surface area contributed by atoms with Gasteiger partial charge >= 0.3 is 6.09 Å². The Bertz CT molecular complexity index is 848. The summed E-state index contributed by atoms with van der Waals surface area (Å²) in [6.07, 6.45) is 1.87. The van der Waals surface area contributed by atoms with Gasteiger partial charge in [-0.25, -0.2) is 4.79 Å². The van der Waals surface area contributed by atoms with Gasteiger partial charge in [0.1, 0.15) is 6.61 Å². The molecular formula is C23H27N3O2. The van der Waals surface area contributed by atoms with E-state index in [4.69, 9.17) is 4.74 Å². The van der Waals surface area contributed by atoms with Crippen LogP contribution < -0.4 is 10.2 Å². The number of nitrogens with zero attached hydrogens (tertiary/aromatic N) is 2. The first-order valence-electron chi connectivity index (χ1n) is 10.4. The number of benzene rings is 2. The number of hydrogen-bond acceptors (Lipinski definition) is 4. The second-order valence-electron chi connectivity index (χ2n) is 8.02. The van der Waals surface area contributed by atoms with Crippen LogP contribution in [-0.2, 0) is 11.3 Å². The molecule has 5 nitrogen and oxygen atoms in total. The normalized spacial score (nSPS) is 23.4. The molecule has 1 N–H and O–H groups in total. The van der Waals surface area contributed by atoms with Gasteiger partial charge in [-0.2, -0.15) is 0 Å². The zero-order chi connectivity index (χ0) is 18.9. The Morgan fingerprint density at radius 3 is 2.68 bits per heavy atom. The van der Waals surface area contributed by atoms with Crippen molar-refractivity contribution < 1.29 is 9.53 Å². The number of anilines is 1. The molecule has 5 rings (SSSR count). The van der Waals surface area contributed by atoms with Gasteiger partial charge in [-0.05, 0) is 47.6 Å². The summed E-state index contributed by atoms with van der Waals surface area (Å²) in [5, 5.41) is 3.41. The lowest BCUT2D eigenvalue weighted by molar-refractivity contribution is 0.0694. The summed E-state index contributed by atoms with van der Waals surface area (Å²) >= 11 is 0. The fraction of sp³-hybridized carbons (Fsp3) is 0.435. The second kappa shape index (κ2) is 7.47. The van der Waals surface area contributed by atoms with E-state index in [0.717, 1.165) is 51.1 Å². The molecule has 2 aliphatic heterocycles. The molecule has 2 bridgehead atoms. The number of likely N-dealkylation sites (tertiary alicyclic amines) is 1. The molecule has 0 radical (unpaired) electrons. The van der Waals surface area contributed by atoms with E-state index in [1.54, 1.807) is 0 Å². The third-order valence-electron chi connectivity index (χ3n) is 6.39. The van der Waals surface area contributed by atoms with E-state index in [2.05, 4.69) is 28.4 Å². The summed E-state index contributed by atoms with van der Waals surface area (Å²) in [6, 6.07) is 16.9. The Morgan fingerprint density at radius 2 is 1.86 bits per heavy atom. The summed E-state index contributed by atoms with van der Waals surface area (Å²) in [6.45, 7) is 5.24. The van der Waals surface area contributed by atoms with E-state index in [-0.39, 0.29) is 12.1 Å². The largest absolute Gasteiger partial charge is 0.445 e. The van der Waals surface area contributed by atoms with Crippen molar-refractivity contribution in [1.82, 2.24) is 10.2 Å². The van der Waals surface area contributed by atoms with E-state index >= 15 is 0 Å². The molecule has 2 aromatic carbocycles. The summed E-state index contributed by atoms with van der Waals surface area (Å²) in [5.74, 6) is 0.579. The van der Waals surface area contributed by atoms with Gasteiger partial charge in [-0.3, -0.25) is 0 Å². The van der Waals surface area contributed by atoms with Gasteiger partial charge in [-0.15, -0.1) is 0 Å². The molecule has 3 aliphatic rings. The van der Waals surface area contributed by atoms with Crippen LogP contribution in [0.4, 0.5) is 10.5 Å². The minimum Gasteiger partial charge on any atom is -0.445 e. The molecule has 146 valence electrons. The summed E-state index contributed by atoms with van der Waals surface area (Å²) in [4.78, 5) is 17.2. The number of hydrogen-bond donors (Lipinski definition) is 1. The van der Waals surface area contributed by atoms with Crippen LogP contribution in [0, 0.1) is 0 Å². The summed E-state index contributed by atoms with van der Waals surface area (Å²) in [7, 11) is 0. The predicted octanol–water partition coefficient (Wildman–Crippen LogP) is 3.67. The number of piperazine rings is 1. The fourth-order valence-corrected chi connectivity index (χ4v) is 4.91. The minimum atomic E-state index is -0.187. The second-order valence-corrected chi connectivity index (χ2v) is 8.02. The maximum Gasteiger partial charge on any atom is 0.410 e. The van der Waals surface area contributed by atoms with Gasteiger partial charge in [0.15, 0.2) is 0 Å². The van der Waals surface area contributed by atoms with Gasteiger partial charge in [0.25, 0.3) is 0 Å². The number of rotatable bonds is 3. The Balaban J connectivity index is 1.33. The molecule has 0 unspecified atom stereocenters. The zero-order valence-corrected chi connectivity index (χ0v) is 16.1. The van der Waals surface area contributed by atoms with Crippen LogP contribution in [-0.4, -0.2) is 43.7 Å². The standard InChI is InChI=1S/C23H27N3O2/c27-23(28-16-17-4-2-1-3-5-17)26-11-8-18-14-22(26)21-15-19(6-7-20(18)21)25-12-9-24-10-13-25/h1-7,15,18,22,24H,8-14,16H2/t18-,22-/m0/s1. The number of nitrogens with one attached hydrogen (secondary N) is 1. The highest BCUT2D eigenvalue weighted by molar-refractivity contribution is 5.70. The molecule has 2 heterocycles. The molecule has 0 spiro atoms. The fourth-order valence-electron chi connectivity index (χ4n) is 4.91. The van der Waals surface area contributed by atoms with Crippen molar-refractivity contribution in [1.29, 1.82) is 0 Å². The number of fused-ring (bicyclic) bond motifs is 5. The van der Waals surface area contributed by atoms with Crippen molar-refractivity contribution in [2.24, 2.45) is 0 Å². The maximum absolute atomic E-state index is 12.8. The lowest BCUT2D eigenvalue weighted by Gasteiger charge is -2.33. The van der Waals surface area contributed by atoms with E-state index in [0.29, 0.717) is 12.5 Å². The van der Waals surface area contributed by atoms with Crippen LogP contribution in [0.2, 0.25) is 0 Å². The number of carbonyl (C=O) groups is 1. The zero-order valence-electron chi connectivity index (χ0n) is 16.1. The van der Waals surface area contributed by atoms with Gasteiger partial charge < -0.3 is 19.9 Å². The van der Waals surface area contributed by atoms with Crippen LogP contribution >= 0.6 is 0 Å². The molecule has 1 aliphatic carbocycles. The maximum atomic E-state index is 12.8. The predicted molar refractivity (Wildman–Crippen MR) is 110 cm³/mol. The van der Waals surface area contributed by atoms with Crippen molar-refractivity contribution in [3.8, 4) is 0 Å². The van der Waals surface area contributed by atoms with Crippen molar-refractivity contribution in [3.05, 3.63) is 65.2 Å². The summed E-state index contributed by atoms with van der Waals surface area (Å²) in [5.41, 5.74) is 5.07. The third kappa shape index (κ3) is 3.24. The van der Waals surface area contributed by atoms with E-state index in [1.165, 1.54) is 16.8 Å². The molecule has 28 heavy (non-hydrogen) atoms. The van der Waals surface area contributed by atoms with E-state index in [9.17, 15) is 4.79 Å². The minimum absolute atomic E-state index is 0.153. The average Bonchev–Trinajstić information content (AvgIpc) is 3.05. The van der Waals surface area contributed by atoms with Crippen molar-refractivity contribution in [3.63, 3.8) is 0 Å². The van der Waals surface area contributed by atoms with E-state index < -0.39 is 0 Å². The van der Waals surface area contributed by atoms with Crippen molar-refractivity contribution >= 4 is 11.8 Å². The first-order valence-corrected chi connectivity index (χ1v) is 10.4. The number of carbonyl (C=O) groups excluding carboxylic acids is 1. The highest BCUT2D eigenvalue weighted by Gasteiger charge is 2.41. The molecule has 0 aromatic heterocycles. The first-order chi connectivity index (χ1) is 13.8. The molecule has 2 atom stereocenters. The van der Waals surface area contributed by atoms with Crippen LogP contribution in [0.5, 0.6) is 0 Å². The smallest absolute Gasteiger partial charge is 0.410 e.